The third-order valence-electron chi connectivity index (χ3n) is 2.41. The van der Waals surface area contributed by atoms with E-state index in [1.54, 1.807) is 15.3 Å². The molecule has 0 aromatic rings. The summed E-state index contributed by atoms with van der Waals surface area (Å²) in [4.78, 5) is 0. The predicted molar refractivity (Wildman–Crippen MR) is 71.0 cm³/mol. The van der Waals surface area contributed by atoms with Crippen LogP contribution in [0, 0.1) is 0 Å². The zero-order valence-corrected chi connectivity index (χ0v) is 13.6. The molecule has 0 N–H and O–H groups in total. The maximum absolute atomic E-state index is 2.31. The average molecular weight is 321 g/mol. The van der Waals surface area contributed by atoms with Gasteiger partial charge in [0.1, 0.15) is 0 Å². The number of hydrogen-bond acceptors (Lipinski definition) is 0. The van der Waals surface area contributed by atoms with Crippen molar-refractivity contribution in [3.63, 3.8) is 0 Å². The van der Waals surface area contributed by atoms with Gasteiger partial charge in [-0.05, 0) is 0 Å². The molecule has 0 fully saturated rings. The second kappa shape index (κ2) is 16.6. The first-order valence-corrected chi connectivity index (χ1v) is 10.2. The Morgan fingerprint density at radius 3 is 1.79 bits per heavy atom. The number of hydrogen-bond donors (Lipinski definition) is 0. The van der Waals surface area contributed by atoms with Crippen LogP contribution in [0.15, 0.2) is 0 Å². The molecule has 0 aliphatic rings. The molecular formula is C12H26SSn. The molecule has 0 bridgehead atoms. The van der Waals surface area contributed by atoms with E-state index in [2.05, 4.69) is 13.8 Å². The molecule has 84 valence electrons. The maximum atomic E-state index is 2.31. The van der Waals surface area contributed by atoms with Gasteiger partial charge in [0, 0.05) is 0 Å². The average Bonchev–Trinajstić information content (AvgIpc) is 2.16. The van der Waals surface area contributed by atoms with Crippen LogP contribution < -0.4 is 0 Å². The summed E-state index contributed by atoms with van der Waals surface area (Å²) in [6.07, 6.45) is 11.8. The van der Waals surface area contributed by atoms with Gasteiger partial charge in [-0.3, -0.25) is 0 Å². The van der Waals surface area contributed by atoms with Crippen LogP contribution >= 0.6 is 0 Å². The Morgan fingerprint density at radius 2 is 1.14 bits per heavy atom. The van der Waals surface area contributed by atoms with Gasteiger partial charge in [0.05, 0.1) is 0 Å². The first kappa shape index (κ1) is 17.5. The van der Waals surface area contributed by atoms with Gasteiger partial charge >= 0.3 is 95.2 Å². The maximum Gasteiger partial charge on any atom is -2.00 e. The van der Waals surface area contributed by atoms with Crippen molar-refractivity contribution < 1.29 is 0 Å². The minimum atomic E-state index is 0. The summed E-state index contributed by atoms with van der Waals surface area (Å²) in [5.41, 5.74) is 0. The Balaban J connectivity index is 0. The normalized spacial score (nSPS) is 9.29. The van der Waals surface area contributed by atoms with Crippen LogP contribution in [-0.2, 0) is 13.5 Å². The van der Waals surface area contributed by atoms with Crippen molar-refractivity contribution in [3.05, 3.63) is 0 Å². The van der Waals surface area contributed by atoms with Crippen molar-refractivity contribution in [1.29, 1.82) is 0 Å². The molecule has 0 aromatic carbocycles. The molecule has 0 aliphatic heterocycles. The van der Waals surface area contributed by atoms with Gasteiger partial charge in [0.25, 0.3) is 0 Å². The summed E-state index contributed by atoms with van der Waals surface area (Å²) in [6, 6.07) is 0. The SMILES string of the molecule is CCCCCCC[CH2][Sn+2][CH2]CCC.[S-2]. The van der Waals surface area contributed by atoms with Gasteiger partial charge in [-0.15, -0.1) is 0 Å². The zero-order valence-electron chi connectivity index (χ0n) is 9.98. The van der Waals surface area contributed by atoms with Gasteiger partial charge in [-0.1, -0.05) is 0 Å². The molecule has 0 heterocycles. The molecule has 0 aliphatic carbocycles. The molecule has 0 aromatic heterocycles. The zero-order chi connectivity index (χ0) is 9.78. The first-order valence-electron chi connectivity index (χ1n) is 6.12. The summed E-state index contributed by atoms with van der Waals surface area (Å²) >= 11 is 0.112. The molecule has 0 atom stereocenters. The van der Waals surface area contributed by atoms with E-state index in [0.717, 1.165) is 0 Å². The molecule has 0 radical (unpaired) electrons. The van der Waals surface area contributed by atoms with Crippen LogP contribution in [0.3, 0.4) is 0 Å². The second-order valence-corrected chi connectivity index (χ2v) is 8.15. The fourth-order valence-corrected chi connectivity index (χ4v) is 5.32. The van der Waals surface area contributed by atoms with E-state index in [9.17, 15) is 0 Å². The molecule has 0 rings (SSSR count). The Morgan fingerprint density at radius 1 is 0.643 bits per heavy atom. The van der Waals surface area contributed by atoms with Gasteiger partial charge in [0.2, 0.25) is 0 Å². The molecule has 0 saturated carbocycles. The van der Waals surface area contributed by atoms with Crippen molar-refractivity contribution >= 4 is 34.6 Å². The van der Waals surface area contributed by atoms with E-state index >= 15 is 0 Å². The van der Waals surface area contributed by atoms with E-state index in [4.69, 9.17) is 0 Å². The van der Waals surface area contributed by atoms with Gasteiger partial charge in [-0.2, -0.15) is 0 Å². The first-order chi connectivity index (χ1) is 6.41. The third-order valence-corrected chi connectivity index (χ3v) is 6.45. The summed E-state index contributed by atoms with van der Waals surface area (Å²) in [7, 11) is 0. The third kappa shape index (κ3) is 15.6. The number of unbranched alkanes of at least 4 members (excludes halogenated alkanes) is 6. The van der Waals surface area contributed by atoms with E-state index in [1.807, 2.05) is 0 Å². The van der Waals surface area contributed by atoms with Crippen molar-refractivity contribution in [2.24, 2.45) is 0 Å². The molecular weight excluding hydrogens is 295 g/mol. The fraction of sp³-hybridized carbons (Fsp3) is 1.00. The minimum absolute atomic E-state index is 0. The predicted octanol–water partition coefficient (Wildman–Crippen LogP) is 4.69. The topological polar surface area (TPSA) is 0 Å². The number of rotatable bonds is 10. The van der Waals surface area contributed by atoms with Crippen LogP contribution in [0.25, 0.3) is 0 Å². The molecule has 0 saturated heterocycles. The smallest absolute Gasteiger partial charge is 2.00 e. The summed E-state index contributed by atoms with van der Waals surface area (Å²) < 4.78 is 3.28. The van der Waals surface area contributed by atoms with Crippen molar-refractivity contribution in [1.82, 2.24) is 0 Å². The Kier molecular flexibility index (Phi) is 20.8. The second-order valence-electron chi connectivity index (χ2n) is 3.87. The van der Waals surface area contributed by atoms with Crippen LogP contribution in [0.1, 0.15) is 65.2 Å². The van der Waals surface area contributed by atoms with Crippen molar-refractivity contribution in [3.8, 4) is 0 Å². The van der Waals surface area contributed by atoms with E-state index in [1.165, 1.54) is 44.9 Å². The summed E-state index contributed by atoms with van der Waals surface area (Å²) in [6.45, 7) is 4.60. The van der Waals surface area contributed by atoms with Gasteiger partial charge < -0.3 is 13.5 Å². The summed E-state index contributed by atoms with van der Waals surface area (Å²) in [5.74, 6) is 0. The van der Waals surface area contributed by atoms with E-state index in [0.29, 0.717) is 0 Å². The minimum Gasteiger partial charge on any atom is -2.00 e. The van der Waals surface area contributed by atoms with Crippen LogP contribution in [0.5, 0.6) is 0 Å². The fourth-order valence-electron chi connectivity index (χ4n) is 1.46. The molecule has 0 unspecified atom stereocenters. The molecule has 0 nitrogen and oxygen atoms in total. The van der Waals surface area contributed by atoms with Gasteiger partial charge in [0.15, 0.2) is 0 Å². The largest absolute Gasteiger partial charge is 2.00 e. The summed E-state index contributed by atoms with van der Waals surface area (Å²) in [5, 5.41) is 0. The molecule has 2 heteroatoms. The van der Waals surface area contributed by atoms with Crippen molar-refractivity contribution in [2.75, 3.05) is 0 Å². The van der Waals surface area contributed by atoms with Crippen LogP contribution in [-0.4, -0.2) is 21.1 Å². The Labute approximate surface area is 108 Å². The van der Waals surface area contributed by atoms with Crippen LogP contribution in [0.4, 0.5) is 0 Å². The quantitative estimate of drug-likeness (QED) is 0.405. The van der Waals surface area contributed by atoms with E-state index < -0.39 is 0 Å². The van der Waals surface area contributed by atoms with Crippen LogP contribution in [0.2, 0.25) is 8.87 Å². The Bertz CT molecular complexity index is 76.4. The Hall–Kier alpha value is 1.15. The van der Waals surface area contributed by atoms with Gasteiger partial charge in [-0.25, -0.2) is 0 Å². The monoisotopic (exact) mass is 322 g/mol. The molecule has 0 spiro atoms. The van der Waals surface area contributed by atoms with E-state index in [-0.39, 0.29) is 34.6 Å². The standard InChI is InChI=1S/C8H17.C4H9.S.Sn/c1-3-5-7-8-6-4-2;1-3-4-2;;/h1,3-8H2,2H3;1,3-4H2,2H3;;/q;;-2;+2. The van der Waals surface area contributed by atoms with Crippen molar-refractivity contribution in [2.45, 2.75) is 74.1 Å². The molecule has 14 heavy (non-hydrogen) atoms. The molecule has 0 amide bonds.